The number of nitrogens with zero attached hydrogens (tertiary/aromatic N) is 1. The van der Waals surface area contributed by atoms with Gasteiger partial charge in [-0.1, -0.05) is 13.8 Å². The summed E-state index contributed by atoms with van der Waals surface area (Å²) >= 11 is 0. The van der Waals surface area contributed by atoms with Gasteiger partial charge in [-0.15, -0.1) is 24.0 Å². The first kappa shape index (κ1) is 19.0. The summed E-state index contributed by atoms with van der Waals surface area (Å²) in [5.41, 5.74) is 0.154. The fraction of sp³-hybridized carbons (Fsp3) is 0.933. The van der Waals surface area contributed by atoms with Gasteiger partial charge in [0.15, 0.2) is 5.96 Å². The highest BCUT2D eigenvalue weighted by Crippen LogP contribution is 2.42. The van der Waals surface area contributed by atoms with Crippen LogP contribution in [0.1, 0.15) is 33.6 Å². The molecule has 1 aliphatic heterocycles. The average Bonchev–Trinajstić information content (AvgIpc) is 2.93. The van der Waals surface area contributed by atoms with Crippen molar-refractivity contribution in [3.05, 3.63) is 0 Å². The number of ether oxygens (including phenoxy) is 2. The first-order valence-corrected chi connectivity index (χ1v) is 7.73. The van der Waals surface area contributed by atoms with Gasteiger partial charge < -0.3 is 20.1 Å². The zero-order chi connectivity index (χ0) is 14.6. The van der Waals surface area contributed by atoms with Crippen molar-refractivity contribution in [3.8, 4) is 0 Å². The van der Waals surface area contributed by atoms with Gasteiger partial charge >= 0.3 is 0 Å². The molecule has 0 bridgehead atoms. The van der Waals surface area contributed by atoms with E-state index in [2.05, 4.69) is 31.4 Å². The number of aliphatic imine (C=N–C) groups is 1. The molecule has 5 nitrogen and oxygen atoms in total. The Kier molecular flexibility index (Phi) is 7.70. The molecular weight excluding hydrogens is 381 g/mol. The van der Waals surface area contributed by atoms with Crippen LogP contribution in [0.25, 0.3) is 0 Å². The Labute approximate surface area is 145 Å². The largest absolute Gasteiger partial charge is 0.381 e. The third-order valence-electron chi connectivity index (χ3n) is 4.65. The molecule has 0 radical (unpaired) electrons. The molecule has 6 heteroatoms. The van der Waals surface area contributed by atoms with E-state index in [1.54, 1.807) is 7.11 Å². The van der Waals surface area contributed by atoms with E-state index < -0.39 is 0 Å². The van der Waals surface area contributed by atoms with Gasteiger partial charge in [0.1, 0.15) is 0 Å². The summed E-state index contributed by atoms with van der Waals surface area (Å²) in [6.07, 6.45) is 2.51. The fourth-order valence-electron chi connectivity index (χ4n) is 2.96. The molecular formula is C15H30IN3O2. The number of hydrogen-bond acceptors (Lipinski definition) is 3. The minimum absolute atomic E-state index is 0. The lowest BCUT2D eigenvalue weighted by Gasteiger charge is -2.51. The molecule has 2 fully saturated rings. The van der Waals surface area contributed by atoms with Crippen molar-refractivity contribution >= 4 is 29.9 Å². The molecule has 1 aliphatic carbocycles. The van der Waals surface area contributed by atoms with Crippen LogP contribution in [0.3, 0.4) is 0 Å². The Bertz CT molecular complexity index is 344. The SMILES string of the molecule is CCNC(=NCC1CCOC1)NC1CC(OC)C1(C)C.I. The summed E-state index contributed by atoms with van der Waals surface area (Å²) in [5, 5.41) is 6.88. The molecule has 0 aromatic heterocycles. The lowest BCUT2D eigenvalue weighted by Crippen LogP contribution is -2.63. The predicted octanol–water partition coefficient (Wildman–Crippen LogP) is 2.01. The monoisotopic (exact) mass is 411 g/mol. The van der Waals surface area contributed by atoms with Crippen LogP contribution in [0.5, 0.6) is 0 Å². The van der Waals surface area contributed by atoms with E-state index in [1.807, 2.05) is 0 Å². The van der Waals surface area contributed by atoms with Gasteiger partial charge in [0.25, 0.3) is 0 Å². The molecule has 0 amide bonds. The standard InChI is InChI=1S/C15H29N3O2.HI/c1-5-16-14(17-9-11-6-7-20-10-11)18-12-8-13(19-4)15(12,2)3;/h11-13H,5-10H2,1-4H3,(H2,16,17,18);1H. The number of halogens is 1. The van der Waals surface area contributed by atoms with Gasteiger partial charge in [-0.2, -0.15) is 0 Å². The second-order valence-electron chi connectivity index (χ2n) is 6.43. The maximum absolute atomic E-state index is 5.50. The molecule has 2 aliphatic rings. The zero-order valence-corrected chi connectivity index (χ0v) is 16.0. The van der Waals surface area contributed by atoms with Crippen LogP contribution in [-0.2, 0) is 9.47 Å². The lowest BCUT2D eigenvalue weighted by molar-refractivity contribution is -0.0922. The van der Waals surface area contributed by atoms with Crippen molar-refractivity contribution in [2.75, 3.05) is 33.4 Å². The molecule has 0 spiro atoms. The molecule has 124 valence electrons. The van der Waals surface area contributed by atoms with E-state index in [-0.39, 0.29) is 29.4 Å². The van der Waals surface area contributed by atoms with Crippen LogP contribution in [0.2, 0.25) is 0 Å². The molecule has 3 unspecified atom stereocenters. The maximum Gasteiger partial charge on any atom is 0.191 e. The first-order chi connectivity index (χ1) is 9.57. The zero-order valence-electron chi connectivity index (χ0n) is 13.6. The number of nitrogens with one attached hydrogen (secondary N) is 2. The van der Waals surface area contributed by atoms with Crippen molar-refractivity contribution in [1.82, 2.24) is 10.6 Å². The molecule has 0 aromatic rings. The molecule has 0 aromatic carbocycles. The highest BCUT2D eigenvalue weighted by atomic mass is 127. The smallest absolute Gasteiger partial charge is 0.191 e. The highest BCUT2D eigenvalue weighted by molar-refractivity contribution is 14.0. The van der Waals surface area contributed by atoms with Crippen molar-refractivity contribution in [1.29, 1.82) is 0 Å². The van der Waals surface area contributed by atoms with Gasteiger partial charge in [0, 0.05) is 44.2 Å². The van der Waals surface area contributed by atoms with E-state index in [4.69, 9.17) is 14.5 Å². The van der Waals surface area contributed by atoms with Crippen molar-refractivity contribution < 1.29 is 9.47 Å². The van der Waals surface area contributed by atoms with E-state index in [0.717, 1.165) is 45.1 Å². The number of hydrogen-bond donors (Lipinski definition) is 2. The highest BCUT2D eigenvalue weighted by Gasteiger charge is 2.48. The third-order valence-corrected chi connectivity index (χ3v) is 4.65. The Balaban J connectivity index is 0.00000220. The number of guanidine groups is 1. The summed E-state index contributed by atoms with van der Waals surface area (Å²) < 4.78 is 10.9. The molecule has 2 N–H and O–H groups in total. The summed E-state index contributed by atoms with van der Waals surface area (Å²) in [5.74, 6) is 1.50. The van der Waals surface area contributed by atoms with Crippen LogP contribution in [-0.4, -0.2) is 51.5 Å². The Hall–Kier alpha value is -0.0800. The van der Waals surface area contributed by atoms with Gasteiger partial charge in [-0.25, -0.2) is 0 Å². The van der Waals surface area contributed by atoms with Gasteiger partial charge in [-0.05, 0) is 19.8 Å². The van der Waals surface area contributed by atoms with Crippen LogP contribution >= 0.6 is 24.0 Å². The minimum atomic E-state index is 0. The van der Waals surface area contributed by atoms with Crippen LogP contribution in [0, 0.1) is 11.3 Å². The normalized spacial score (nSPS) is 31.2. The summed E-state index contributed by atoms with van der Waals surface area (Å²) in [4.78, 5) is 4.71. The van der Waals surface area contributed by atoms with E-state index in [0.29, 0.717) is 18.1 Å². The number of rotatable bonds is 5. The summed E-state index contributed by atoms with van der Waals surface area (Å²) in [7, 11) is 1.79. The molecule has 3 atom stereocenters. The first-order valence-electron chi connectivity index (χ1n) is 7.73. The second-order valence-corrected chi connectivity index (χ2v) is 6.43. The second kappa shape index (κ2) is 8.53. The van der Waals surface area contributed by atoms with Gasteiger partial charge in [-0.3, -0.25) is 4.99 Å². The quantitative estimate of drug-likeness (QED) is 0.413. The Morgan fingerprint density at radius 3 is 2.71 bits per heavy atom. The Morgan fingerprint density at radius 2 is 2.19 bits per heavy atom. The predicted molar refractivity (Wildman–Crippen MR) is 96.4 cm³/mol. The molecule has 21 heavy (non-hydrogen) atoms. The molecule has 1 saturated carbocycles. The van der Waals surface area contributed by atoms with E-state index in [9.17, 15) is 0 Å². The topological polar surface area (TPSA) is 54.9 Å². The van der Waals surface area contributed by atoms with Gasteiger partial charge in [0.2, 0.25) is 0 Å². The maximum atomic E-state index is 5.50. The van der Waals surface area contributed by atoms with Crippen LogP contribution in [0.4, 0.5) is 0 Å². The molecule has 1 heterocycles. The third kappa shape index (κ3) is 4.69. The van der Waals surface area contributed by atoms with Crippen molar-refractivity contribution in [3.63, 3.8) is 0 Å². The van der Waals surface area contributed by atoms with Crippen LogP contribution < -0.4 is 10.6 Å². The lowest BCUT2D eigenvalue weighted by atomic mass is 9.64. The fourth-order valence-corrected chi connectivity index (χ4v) is 2.96. The number of methoxy groups -OCH3 is 1. The summed E-state index contributed by atoms with van der Waals surface area (Å²) in [6, 6.07) is 0.421. The van der Waals surface area contributed by atoms with Crippen molar-refractivity contribution in [2.24, 2.45) is 16.3 Å². The van der Waals surface area contributed by atoms with E-state index in [1.165, 1.54) is 0 Å². The van der Waals surface area contributed by atoms with Crippen LogP contribution in [0.15, 0.2) is 4.99 Å². The minimum Gasteiger partial charge on any atom is -0.381 e. The Morgan fingerprint density at radius 1 is 1.43 bits per heavy atom. The van der Waals surface area contributed by atoms with E-state index >= 15 is 0 Å². The average molecular weight is 411 g/mol. The molecule has 2 rings (SSSR count). The summed E-state index contributed by atoms with van der Waals surface area (Å²) in [6.45, 7) is 10.1. The van der Waals surface area contributed by atoms with Gasteiger partial charge in [0.05, 0.1) is 12.7 Å². The molecule has 1 saturated heterocycles. The van der Waals surface area contributed by atoms with Crippen molar-refractivity contribution in [2.45, 2.75) is 45.8 Å².